The quantitative estimate of drug-likeness (QED) is 0.854. The molecule has 2 nitrogen and oxygen atoms in total. The van der Waals surface area contributed by atoms with Crippen LogP contribution in [0.25, 0.3) is 0 Å². The van der Waals surface area contributed by atoms with Gasteiger partial charge in [-0.1, -0.05) is 38.1 Å². The second-order valence-electron chi connectivity index (χ2n) is 6.15. The van der Waals surface area contributed by atoms with E-state index in [0.29, 0.717) is 6.04 Å². The van der Waals surface area contributed by atoms with Crippen LogP contribution in [0.2, 0.25) is 0 Å². The van der Waals surface area contributed by atoms with Crippen molar-refractivity contribution in [3.63, 3.8) is 0 Å². The molecule has 1 aliphatic rings. The second-order valence-corrected chi connectivity index (χ2v) is 6.15. The van der Waals surface area contributed by atoms with E-state index in [1.165, 1.54) is 37.1 Å². The van der Waals surface area contributed by atoms with Crippen LogP contribution in [0, 0.1) is 5.92 Å². The molecule has 1 fully saturated rings. The fourth-order valence-electron chi connectivity index (χ4n) is 3.27. The Labute approximate surface area is 124 Å². The molecule has 0 spiro atoms. The number of rotatable bonds is 6. The lowest BCUT2D eigenvalue weighted by Gasteiger charge is -2.36. The summed E-state index contributed by atoms with van der Waals surface area (Å²) in [5, 5.41) is 3.59. The summed E-state index contributed by atoms with van der Waals surface area (Å²) in [5.74, 6) is 0.804. The molecule has 1 N–H and O–H groups in total. The summed E-state index contributed by atoms with van der Waals surface area (Å²) in [6.07, 6.45) is 3.85. The molecule has 1 aliphatic heterocycles. The third-order valence-corrected chi connectivity index (χ3v) is 4.61. The van der Waals surface area contributed by atoms with Crippen LogP contribution in [0.4, 0.5) is 0 Å². The van der Waals surface area contributed by atoms with Crippen molar-refractivity contribution in [3.05, 3.63) is 35.4 Å². The minimum atomic E-state index is 0.644. The van der Waals surface area contributed by atoms with Crippen LogP contribution in [0.15, 0.2) is 24.3 Å². The molecule has 2 unspecified atom stereocenters. The van der Waals surface area contributed by atoms with Crippen molar-refractivity contribution in [1.29, 1.82) is 0 Å². The number of nitrogens with one attached hydrogen (secondary N) is 1. The molecule has 1 aromatic carbocycles. The first-order valence-electron chi connectivity index (χ1n) is 8.26. The Hall–Kier alpha value is -0.860. The zero-order valence-corrected chi connectivity index (χ0v) is 13.4. The van der Waals surface area contributed by atoms with Crippen molar-refractivity contribution >= 4 is 0 Å². The largest absolute Gasteiger partial charge is 0.314 e. The highest BCUT2D eigenvalue weighted by atomic mass is 15.1. The molecule has 0 saturated carbocycles. The van der Waals surface area contributed by atoms with Gasteiger partial charge in [0.05, 0.1) is 0 Å². The minimum absolute atomic E-state index is 0.644. The van der Waals surface area contributed by atoms with Gasteiger partial charge in [0.25, 0.3) is 0 Å². The smallest absolute Gasteiger partial charge is 0.0233 e. The molecule has 2 atom stereocenters. The van der Waals surface area contributed by atoms with Crippen LogP contribution < -0.4 is 5.32 Å². The third kappa shape index (κ3) is 4.32. The van der Waals surface area contributed by atoms with E-state index >= 15 is 0 Å². The number of likely N-dealkylation sites (tertiary alicyclic amines) is 1. The molecular formula is C18H30N2. The Kier molecular flexibility index (Phi) is 6.06. The SMILES string of the molecule is CCNC(C)C1CCCN(Cc2ccc(CC)cc2)C1. The fraction of sp³-hybridized carbons (Fsp3) is 0.667. The first-order valence-corrected chi connectivity index (χ1v) is 8.26. The van der Waals surface area contributed by atoms with E-state index in [-0.39, 0.29) is 0 Å². The summed E-state index contributed by atoms with van der Waals surface area (Å²) in [4.78, 5) is 2.63. The standard InChI is InChI=1S/C18H30N2/c1-4-16-8-10-17(11-9-16)13-20-12-6-7-18(14-20)15(3)19-5-2/h8-11,15,18-19H,4-7,12-14H2,1-3H3. The van der Waals surface area contributed by atoms with Gasteiger partial charge < -0.3 is 5.32 Å². The van der Waals surface area contributed by atoms with Crippen LogP contribution in [-0.4, -0.2) is 30.6 Å². The number of hydrogen-bond acceptors (Lipinski definition) is 2. The highest BCUT2D eigenvalue weighted by molar-refractivity contribution is 5.22. The maximum atomic E-state index is 3.59. The average molecular weight is 274 g/mol. The molecule has 1 saturated heterocycles. The topological polar surface area (TPSA) is 15.3 Å². The van der Waals surface area contributed by atoms with Crippen LogP contribution in [0.5, 0.6) is 0 Å². The summed E-state index contributed by atoms with van der Waals surface area (Å²) in [6, 6.07) is 9.80. The normalized spacial score (nSPS) is 21.9. The first-order chi connectivity index (χ1) is 9.72. The van der Waals surface area contributed by atoms with E-state index in [4.69, 9.17) is 0 Å². The highest BCUT2D eigenvalue weighted by Crippen LogP contribution is 2.21. The van der Waals surface area contributed by atoms with Gasteiger partial charge in [0.1, 0.15) is 0 Å². The van der Waals surface area contributed by atoms with Crippen molar-refractivity contribution in [3.8, 4) is 0 Å². The van der Waals surface area contributed by atoms with Gasteiger partial charge in [0, 0.05) is 19.1 Å². The molecule has 0 bridgehead atoms. The maximum Gasteiger partial charge on any atom is 0.0233 e. The van der Waals surface area contributed by atoms with Gasteiger partial charge in [-0.25, -0.2) is 0 Å². The molecule has 112 valence electrons. The second kappa shape index (κ2) is 7.80. The van der Waals surface area contributed by atoms with Gasteiger partial charge >= 0.3 is 0 Å². The van der Waals surface area contributed by atoms with Crippen molar-refractivity contribution < 1.29 is 0 Å². The molecule has 20 heavy (non-hydrogen) atoms. The van der Waals surface area contributed by atoms with Gasteiger partial charge in [-0.3, -0.25) is 4.90 Å². The minimum Gasteiger partial charge on any atom is -0.314 e. The summed E-state index contributed by atoms with van der Waals surface area (Å²) >= 11 is 0. The maximum absolute atomic E-state index is 3.59. The predicted molar refractivity (Wildman–Crippen MR) is 87.0 cm³/mol. The molecule has 0 amide bonds. The summed E-state index contributed by atoms with van der Waals surface area (Å²) in [6.45, 7) is 11.4. The number of benzene rings is 1. The number of hydrogen-bond donors (Lipinski definition) is 1. The lowest BCUT2D eigenvalue weighted by molar-refractivity contribution is 0.145. The van der Waals surface area contributed by atoms with Crippen LogP contribution in [-0.2, 0) is 13.0 Å². The Morgan fingerprint density at radius 1 is 1.20 bits per heavy atom. The Morgan fingerprint density at radius 3 is 2.55 bits per heavy atom. The van der Waals surface area contributed by atoms with Crippen LogP contribution in [0.1, 0.15) is 44.7 Å². The van der Waals surface area contributed by atoms with Crippen LogP contribution >= 0.6 is 0 Å². The van der Waals surface area contributed by atoms with Crippen molar-refractivity contribution in [2.24, 2.45) is 5.92 Å². The lowest BCUT2D eigenvalue weighted by atomic mass is 9.91. The first kappa shape index (κ1) is 15.5. The molecule has 0 aromatic heterocycles. The molecular weight excluding hydrogens is 244 g/mol. The monoisotopic (exact) mass is 274 g/mol. The summed E-state index contributed by atoms with van der Waals surface area (Å²) < 4.78 is 0. The number of aryl methyl sites for hydroxylation is 1. The van der Waals surface area contributed by atoms with E-state index < -0.39 is 0 Å². The fourth-order valence-corrected chi connectivity index (χ4v) is 3.27. The molecule has 1 aromatic rings. The predicted octanol–water partition coefficient (Wildman–Crippen LogP) is 3.46. The van der Waals surface area contributed by atoms with Gasteiger partial charge in [-0.2, -0.15) is 0 Å². The van der Waals surface area contributed by atoms with Gasteiger partial charge in [-0.05, 0) is 56.3 Å². The molecule has 2 rings (SSSR count). The number of piperidine rings is 1. The summed E-state index contributed by atoms with van der Waals surface area (Å²) in [5.41, 5.74) is 2.89. The zero-order chi connectivity index (χ0) is 14.4. The van der Waals surface area contributed by atoms with E-state index in [9.17, 15) is 0 Å². The van der Waals surface area contributed by atoms with Gasteiger partial charge in [0.2, 0.25) is 0 Å². The van der Waals surface area contributed by atoms with E-state index in [0.717, 1.165) is 25.4 Å². The van der Waals surface area contributed by atoms with Crippen molar-refractivity contribution in [2.45, 2.75) is 52.6 Å². The average Bonchev–Trinajstić information content (AvgIpc) is 2.48. The van der Waals surface area contributed by atoms with Gasteiger partial charge in [-0.15, -0.1) is 0 Å². The highest BCUT2D eigenvalue weighted by Gasteiger charge is 2.23. The van der Waals surface area contributed by atoms with Gasteiger partial charge in [0.15, 0.2) is 0 Å². The lowest BCUT2D eigenvalue weighted by Crippen LogP contribution is -2.44. The molecule has 1 heterocycles. The summed E-state index contributed by atoms with van der Waals surface area (Å²) in [7, 11) is 0. The van der Waals surface area contributed by atoms with Crippen molar-refractivity contribution in [2.75, 3.05) is 19.6 Å². The molecule has 0 radical (unpaired) electrons. The van der Waals surface area contributed by atoms with E-state index in [1.807, 2.05) is 0 Å². The Bertz CT molecular complexity index is 385. The Morgan fingerprint density at radius 2 is 1.90 bits per heavy atom. The molecule has 0 aliphatic carbocycles. The molecule has 2 heteroatoms. The van der Waals surface area contributed by atoms with Crippen molar-refractivity contribution in [1.82, 2.24) is 10.2 Å². The van der Waals surface area contributed by atoms with E-state index in [2.05, 4.69) is 55.3 Å². The van der Waals surface area contributed by atoms with Crippen LogP contribution in [0.3, 0.4) is 0 Å². The zero-order valence-electron chi connectivity index (χ0n) is 13.4. The third-order valence-electron chi connectivity index (χ3n) is 4.61. The number of nitrogens with zero attached hydrogens (tertiary/aromatic N) is 1. The van der Waals surface area contributed by atoms with E-state index in [1.54, 1.807) is 0 Å². The Balaban J connectivity index is 1.88.